The van der Waals surface area contributed by atoms with Crippen molar-refractivity contribution >= 4 is 5.91 Å². The van der Waals surface area contributed by atoms with Gasteiger partial charge in [0, 0.05) is 31.3 Å². The van der Waals surface area contributed by atoms with Crippen molar-refractivity contribution < 1.29 is 13.6 Å². The number of hydrogen-bond donors (Lipinski definition) is 1. The van der Waals surface area contributed by atoms with Gasteiger partial charge in [-0.1, -0.05) is 43.3 Å². The number of halogens is 2. The predicted octanol–water partition coefficient (Wildman–Crippen LogP) is 3.26. The molecular formula is C18H20F2N2O. The average molecular weight is 318 g/mol. The van der Waals surface area contributed by atoms with E-state index >= 15 is 0 Å². The molecule has 0 aromatic heterocycles. The monoisotopic (exact) mass is 318 g/mol. The topological polar surface area (TPSA) is 46.3 Å². The van der Waals surface area contributed by atoms with Gasteiger partial charge >= 0.3 is 0 Å². The van der Waals surface area contributed by atoms with E-state index in [0.29, 0.717) is 0 Å². The highest BCUT2D eigenvalue weighted by atomic mass is 19.1. The van der Waals surface area contributed by atoms with E-state index in [4.69, 9.17) is 5.73 Å². The fourth-order valence-electron chi connectivity index (χ4n) is 2.45. The number of carbonyl (C=O) groups is 1. The van der Waals surface area contributed by atoms with Crippen molar-refractivity contribution in [2.75, 3.05) is 7.05 Å². The highest BCUT2D eigenvalue weighted by molar-refractivity contribution is 5.79. The standard InChI is InChI=1S/C18H20F2N2O/c1-12(17(21)13-6-4-3-5-7-13)18(23)22(2)11-14-8-9-15(19)10-16(14)20/h3-10,12,17H,11,21H2,1-2H3. The van der Waals surface area contributed by atoms with E-state index in [2.05, 4.69) is 0 Å². The van der Waals surface area contributed by atoms with Gasteiger partial charge in [-0.2, -0.15) is 0 Å². The molecule has 2 atom stereocenters. The van der Waals surface area contributed by atoms with Gasteiger partial charge < -0.3 is 10.6 Å². The van der Waals surface area contributed by atoms with Crippen LogP contribution in [0, 0.1) is 17.6 Å². The summed E-state index contributed by atoms with van der Waals surface area (Å²) in [5, 5.41) is 0. The molecule has 2 aromatic carbocycles. The van der Waals surface area contributed by atoms with Gasteiger partial charge in [-0.05, 0) is 11.6 Å². The van der Waals surface area contributed by atoms with Gasteiger partial charge in [-0.15, -0.1) is 0 Å². The first-order chi connectivity index (χ1) is 10.9. The van der Waals surface area contributed by atoms with Crippen molar-refractivity contribution in [1.82, 2.24) is 4.90 Å². The first-order valence-electron chi connectivity index (χ1n) is 7.39. The van der Waals surface area contributed by atoms with Gasteiger partial charge in [0.2, 0.25) is 5.91 Å². The van der Waals surface area contributed by atoms with E-state index in [1.54, 1.807) is 14.0 Å². The van der Waals surface area contributed by atoms with Crippen LogP contribution in [0.25, 0.3) is 0 Å². The van der Waals surface area contributed by atoms with Crippen molar-refractivity contribution in [3.05, 3.63) is 71.3 Å². The maximum Gasteiger partial charge on any atom is 0.227 e. The third-order valence-corrected chi connectivity index (χ3v) is 3.91. The lowest BCUT2D eigenvalue weighted by Crippen LogP contribution is -2.36. The Morgan fingerprint density at radius 1 is 1.17 bits per heavy atom. The average Bonchev–Trinajstić information content (AvgIpc) is 2.56. The lowest BCUT2D eigenvalue weighted by atomic mass is 9.94. The molecule has 2 N–H and O–H groups in total. The summed E-state index contributed by atoms with van der Waals surface area (Å²) in [7, 11) is 1.58. The smallest absolute Gasteiger partial charge is 0.227 e. The molecule has 0 radical (unpaired) electrons. The van der Waals surface area contributed by atoms with Crippen LogP contribution >= 0.6 is 0 Å². The summed E-state index contributed by atoms with van der Waals surface area (Å²) in [5.74, 6) is -1.94. The minimum atomic E-state index is -0.662. The van der Waals surface area contributed by atoms with Crippen LogP contribution in [0.3, 0.4) is 0 Å². The highest BCUT2D eigenvalue weighted by Crippen LogP contribution is 2.21. The molecule has 0 aliphatic rings. The summed E-state index contributed by atoms with van der Waals surface area (Å²) in [4.78, 5) is 13.9. The second-order valence-corrected chi connectivity index (χ2v) is 5.66. The van der Waals surface area contributed by atoms with Gasteiger partial charge in [0.1, 0.15) is 11.6 Å². The fraction of sp³-hybridized carbons (Fsp3) is 0.278. The van der Waals surface area contributed by atoms with Crippen LogP contribution in [0.4, 0.5) is 8.78 Å². The van der Waals surface area contributed by atoms with E-state index in [1.807, 2.05) is 30.3 Å². The molecule has 0 fully saturated rings. The van der Waals surface area contributed by atoms with Crippen LogP contribution in [0.15, 0.2) is 48.5 Å². The molecule has 2 unspecified atom stereocenters. The zero-order chi connectivity index (χ0) is 17.0. The largest absolute Gasteiger partial charge is 0.341 e. The Kier molecular flexibility index (Phi) is 5.45. The molecule has 0 bridgehead atoms. The van der Waals surface area contributed by atoms with Crippen LogP contribution in [0.1, 0.15) is 24.1 Å². The van der Waals surface area contributed by atoms with Gasteiger partial charge in [0.05, 0.1) is 5.92 Å². The normalized spacial score (nSPS) is 13.4. The predicted molar refractivity (Wildman–Crippen MR) is 85.4 cm³/mol. The Balaban J connectivity index is 2.06. The number of carbonyl (C=O) groups excluding carboxylic acids is 1. The summed E-state index contributed by atoms with van der Waals surface area (Å²) >= 11 is 0. The van der Waals surface area contributed by atoms with Crippen molar-refractivity contribution in [2.24, 2.45) is 11.7 Å². The van der Waals surface area contributed by atoms with Gasteiger partial charge in [-0.3, -0.25) is 4.79 Å². The van der Waals surface area contributed by atoms with Crippen molar-refractivity contribution in [3.63, 3.8) is 0 Å². The number of benzene rings is 2. The molecule has 122 valence electrons. The van der Waals surface area contributed by atoms with Crippen molar-refractivity contribution in [1.29, 1.82) is 0 Å². The SMILES string of the molecule is CC(C(=O)N(C)Cc1ccc(F)cc1F)C(N)c1ccccc1. The van der Waals surface area contributed by atoms with Crippen LogP contribution < -0.4 is 5.73 Å². The zero-order valence-electron chi connectivity index (χ0n) is 13.2. The minimum Gasteiger partial charge on any atom is -0.341 e. The molecule has 3 nitrogen and oxygen atoms in total. The maximum absolute atomic E-state index is 13.7. The molecule has 0 aliphatic heterocycles. The zero-order valence-corrected chi connectivity index (χ0v) is 13.2. The first-order valence-corrected chi connectivity index (χ1v) is 7.39. The van der Waals surface area contributed by atoms with Crippen LogP contribution in [0.2, 0.25) is 0 Å². The van der Waals surface area contributed by atoms with Gasteiger partial charge in [-0.25, -0.2) is 8.78 Å². The van der Waals surface area contributed by atoms with E-state index in [0.717, 1.165) is 11.6 Å². The lowest BCUT2D eigenvalue weighted by molar-refractivity contribution is -0.134. The van der Waals surface area contributed by atoms with E-state index < -0.39 is 23.6 Å². The Morgan fingerprint density at radius 3 is 2.43 bits per heavy atom. The third kappa shape index (κ3) is 4.13. The fourth-order valence-corrected chi connectivity index (χ4v) is 2.45. The lowest BCUT2D eigenvalue weighted by Gasteiger charge is -2.25. The summed E-state index contributed by atoms with van der Waals surface area (Å²) in [6, 6.07) is 12.2. The molecule has 0 aliphatic carbocycles. The van der Waals surface area contributed by atoms with Crippen molar-refractivity contribution in [2.45, 2.75) is 19.5 Å². The second-order valence-electron chi connectivity index (χ2n) is 5.66. The van der Waals surface area contributed by atoms with Crippen LogP contribution in [0.5, 0.6) is 0 Å². The molecular weight excluding hydrogens is 298 g/mol. The van der Waals surface area contributed by atoms with Crippen molar-refractivity contribution in [3.8, 4) is 0 Å². The van der Waals surface area contributed by atoms with E-state index in [-0.39, 0.29) is 18.0 Å². The van der Waals surface area contributed by atoms with Gasteiger partial charge in [0.15, 0.2) is 0 Å². The molecule has 2 aromatic rings. The quantitative estimate of drug-likeness (QED) is 0.920. The Labute approximate surface area is 134 Å². The summed E-state index contributed by atoms with van der Waals surface area (Å²) < 4.78 is 26.6. The highest BCUT2D eigenvalue weighted by Gasteiger charge is 2.25. The molecule has 23 heavy (non-hydrogen) atoms. The number of amides is 1. The van der Waals surface area contributed by atoms with Gasteiger partial charge in [0.25, 0.3) is 0 Å². The summed E-state index contributed by atoms with van der Waals surface area (Å²) in [5.41, 5.74) is 7.29. The van der Waals surface area contributed by atoms with Crippen LogP contribution in [-0.4, -0.2) is 17.9 Å². The Hall–Kier alpha value is -2.27. The molecule has 0 spiro atoms. The van der Waals surface area contributed by atoms with Crippen LogP contribution in [-0.2, 0) is 11.3 Å². The second kappa shape index (κ2) is 7.33. The number of hydrogen-bond acceptors (Lipinski definition) is 2. The summed E-state index contributed by atoms with van der Waals surface area (Å²) in [6.07, 6.45) is 0. The maximum atomic E-state index is 13.7. The number of nitrogens with zero attached hydrogens (tertiary/aromatic N) is 1. The molecule has 2 rings (SSSR count). The minimum absolute atomic E-state index is 0.0663. The van der Waals surface area contributed by atoms with E-state index in [1.165, 1.54) is 17.0 Å². The number of nitrogens with two attached hydrogens (primary N) is 1. The molecule has 0 saturated heterocycles. The third-order valence-electron chi connectivity index (χ3n) is 3.91. The Morgan fingerprint density at radius 2 is 1.83 bits per heavy atom. The molecule has 1 amide bonds. The Bertz CT molecular complexity index is 676. The molecule has 0 saturated carbocycles. The first kappa shape index (κ1) is 17.1. The van der Waals surface area contributed by atoms with E-state index in [9.17, 15) is 13.6 Å². The number of rotatable bonds is 5. The summed E-state index contributed by atoms with van der Waals surface area (Å²) in [6.45, 7) is 1.81. The molecule has 5 heteroatoms. The molecule has 0 heterocycles.